The average molecular weight is 224 g/mol. The summed E-state index contributed by atoms with van der Waals surface area (Å²) < 4.78 is 4.68. The molecule has 0 aliphatic heterocycles. The molecule has 3 nitrogen and oxygen atoms in total. The molecule has 0 spiro atoms. The molecule has 0 aromatic heterocycles. The van der Waals surface area contributed by atoms with Gasteiger partial charge in [-0.25, -0.2) is 0 Å². The molecule has 4 heteroatoms. The van der Waals surface area contributed by atoms with E-state index in [9.17, 15) is 4.79 Å². The first-order valence-corrected chi connectivity index (χ1v) is 4.67. The van der Waals surface area contributed by atoms with Crippen LogP contribution < -0.4 is 5.73 Å². The number of hydrogen-bond acceptors (Lipinski definition) is 3. The van der Waals surface area contributed by atoms with Gasteiger partial charge in [0, 0.05) is 0 Å². The molecule has 14 heavy (non-hydrogen) atoms. The molecule has 2 N–H and O–H groups in total. The molecule has 0 saturated heterocycles. The summed E-state index contributed by atoms with van der Waals surface area (Å²) in [5.41, 5.74) is 4.83. The van der Waals surface area contributed by atoms with Crippen molar-refractivity contribution < 1.29 is 9.53 Å². The molecule has 0 amide bonds. The van der Waals surface area contributed by atoms with Gasteiger partial charge in [-0.05, 0) is 18.8 Å². The standard InChI is InChI=1S/C10H21NO2.ClH/c1-6-7-9(2,3)10(4,11)8(12)13-5;/h6-7,11H2,1-5H3;1H. The van der Waals surface area contributed by atoms with E-state index in [1.165, 1.54) is 7.11 Å². The van der Waals surface area contributed by atoms with Crippen molar-refractivity contribution >= 4 is 18.4 Å². The number of nitrogens with two attached hydrogens (primary N) is 1. The lowest BCUT2D eigenvalue weighted by Crippen LogP contribution is -2.56. The van der Waals surface area contributed by atoms with Crippen LogP contribution >= 0.6 is 12.4 Å². The lowest BCUT2D eigenvalue weighted by atomic mass is 9.71. The van der Waals surface area contributed by atoms with Crippen molar-refractivity contribution in [2.75, 3.05) is 7.11 Å². The number of halogens is 1. The number of carbonyl (C=O) groups is 1. The van der Waals surface area contributed by atoms with Crippen molar-refractivity contribution in [3.8, 4) is 0 Å². The second-order valence-electron chi connectivity index (χ2n) is 4.33. The number of hydrogen-bond donors (Lipinski definition) is 1. The fourth-order valence-electron chi connectivity index (χ4n) is 1.37. The fraction of sp³-hybridized carbons (Fsp3) is 0.900. The first-order chi connectivity index (χ1) is 5.79. The lowest BCUT2D eigenvalue weighted by Gasteiger charge is -2.38. The van der Waals surface area contributed by atoms with Crippen LogP contribution in [0, 0.1) is 5.41 Å². The van der Waals surface area contributed by atoms with Crippen molar-refractivity contribution in [3.05, 3.63) is 0 Å². The quantitative estimate of drug-likeness (QED) is 0.743. The molecule has 0 radical (unpaired) electrons. The third kappa shape index (κ3) is 3.14. The second-order valence-corrected chi connectivity index (χ2v) is 4.33. The van der Waals surface area contributed by atoms with E-state index in [1.54, 1.807) is 6.92 Å². The first kappa shape index (κ1) is 16.2. The minimum Gasteiger partial charge on any atom is -0.468 e. The number of methoxy groups -OCH3 is 1. The normalized spacial score (nSPS) is 15.3. The van der Waals surface area contributed by atoms with E-state index < -0.39 is 5.54 Å². The Bertz CT molecular complexity index is 191. The molecule has 1 unspecified atom stereocenters. The molecule has 0 bridgehead atoms. The molecule has 0 aliphatic rings. The summed E-state index contributed by atoms with van der Waals surface area (Å²) in [4.78, 5) is 11.4. The summed E-state index contributed by atoms with van der Waals surface area (Å²) in [6.45, 7) is 7.80. The highest BCUT2D eigenvalue weighted by molar-refractivity contribution is 5.85. The van der Waals surface area contributed by atoms with Gasteiger partial charge in [-0.15, -0.1) is 12.4 Å². The molecular weight excluding hydrogens is 202 g/mol. The number of rotatable bonds is 4. The second kappa shape index (κ2) is 5.56. The molecule has 1 atom stereocenters. The van der Waals surface area contributed by atoms with Crippen LogP contribution in [-0.2, 0) is 9.53 Å². The molecule has 0 rings (SSSR count). The predicted molar refractivity (Wildman–Crippen MR) is 60.5 cm³/mol. The highest BCUT2D eigenvalue weighted by Gasteiger charge is 2.44. The monoisotopic (exact) mass is 223 g/mol. The van der Waals surface area contributed by atoms with Crippen LogP contribution in [0.3, 0.4) is 0 Å². The van der Waals surface area contributed by atoms with E-state index in [1.807, 2.05) is 13.8 Å². The van der Waals surface area contributed by atoms with Crippen LogP contribution in [0.15, 0.2) is 0 Å². The fourth-order valence-corrected chi connectivity index (χ4v) is 1.37. The van der Waals surface area contributed by atoms with E-state index in [-0.39, 0.29) is 23.8 Å². The maximum absolute atomic E-state index is 11.4. The molecule has 0 aromatic carbocycles. The van der Waals surface area contributed by atoms with E-state index in [0.29, 0.717) is 0 Å². The van der Waals surface area contributed by atoms with E-state index in [2.05, 4.69) is 11.7 Å². The van der Waals surface area contributed by atoms with E-state index in [4.69, 9.17) is 5.73 Å². The van der Waals surface area contributed by atoms with Gasteiger partial charge >= 0.3 is 5.97 Å². The van der Waals surface area contributed by atoms with Crippen LogP contribution in [0.2, 0.25) is 0 Å². The maximum atomic E-state index is 11.4. The van der Waals surface area contributed by atoms with Crippen LogP contribution in [0.25, 0.3) is 0 Å². The Morgan fingerprint density at radius 2 is 1.79 bits per heavy atom. The van der Waals surface area contributed by atoms with Crippen LogP contribution in [0.4, 0.5) is 0 Å². The molecule has 0 aromatic rings. The number of carbonyl (C=O) groups excluding carboxylic acids is 1. The minimum absolute atomic E-state index is 0. The SMILES string of the molecule is CCCC(C)(C)C(C)(N)C(=O)OC.Cl. The third-order valence-corrected chi connectivity index (χ3v) is 2.89. The van der Waals surface area contributed by atoms with Gasteiger partial charge in [-0.2, -0.15) is 0 Å². The van der Waals surface area contributed by atoms with Gasteiger partial charge in [0.05, 0.1) is 7.11 Å². The Labute approximate surface area is 92.8 Å². The van der Waals surface area contributed by atoms with Gasteiger partial charge in [0.2, 0.25) is 0 Å². The first-order valence-electron chi connectivity index (χ1n) is 4.67. The van der Waals surface area contributed by atoms with Crippen molar-refractivity contribution in [1.29, 1.82) is 0 Å². The summed E-state index contributed by atoms with van der Waals surface area (Å²) in [5, 5.41) is 0. The Morgan fingerprint density at radius 3 is 2.07 bits per heavy atom. The predicted octanol–water partition coefficient (Wildman–Crippen LogP) is 2.12. The van der Waals surface area contributed by atoms with Crippen molar-refractivity contribution in [1.82, 2.24) is 0 Å². The zero-order valence-electron chi connectivity index (χ0n) is 9.72. The summed E-state index contributed by atoms with van der Waals surface area (Å²) in [6.07, 6.45) is 1.92. The summed E-state index contributed by atoms with van der Waals surface area (Å²) in [5.74, 6) is -0.342. The maximum Gasteiger partial charge on any atom is 0.326 e. The topological polar surface area (TPSA) is 52.3 Å². The van der Waals surface area contributed by atoms with Gasteiger partial charge in [0.25, 0.3) is 0 Å². The molecule has 0 fully saturated rings. The molecule has 86 valence electrons. The highest BCUT2D eigenvalue weighted by atomic mass is 35.5. The average Bonchev–Trinajstić information content (AvgIpc) is 2.02. The van der Waals surface area contributed by atoms with Crippen LogP contribution in [0.5, 0.6) is 0 Å². The Balaban J connectivity index is 0. The van der Waals surface area contributed by atoms with Gasteiger partial charge in [-0.1, -0.05) is 27.2 Å². The third-order valence-electron chi connectivity index (χ3n) is 2.89. The van der Waals surface area contributed by atoms with E-state index >= 15 is 0 Å². The van der Waals surface area contributed by atoms with Gasteiger partial charge in [0.1, 0.15) is 5.54 Å². The number of ether oxygens (including phenoxy) is 1. The van der Waals surface area contributed by atoms with Crippen molar-refractivity contribution in [2.24, 2.45) is 11.1 Å². The summed E-state index contributed by atoms with van der Waals surface area (Å²) in [7, 11) is 1.37. The largest absolute Gasteiger partial charge is 0.468 e. The highest BCUT2D eigenvalue weighted by Crippen LogP contribution is 2.34. The van der Waals surface area contributed by atoms with Crippen molar-refractivity contribution in [2.45, 2.75) is 46.1 Å². The molecule has 0 aliphatic carbocycles. The van der Waals surface area contributed by atoms with Gasteiger partial charge in [0.15, 0.2) is 0 Å². The van der Waals surface area contributed by atoms with Gasteiger partial charge < -0.3 is 10.5 Å². The lowest BCUT2D eigenvalue weighted by molar-refractivity contribution is -0.151. The molecular formula is C10H22ClNO2. The zero-order valence-corrected chi connectivity index (χ0v) is 10.5. The minimum atomic E-state index is -0.905. The summed E-state index contributed by atoms with van der Waals surface area (Å²) in [6, 6.07) is 0. The molecule has 0 heterocycles. The Kier molecular flexibility index (Phi) is 6.42. The molecule has 0 saturated carbocycles. The zero-order chi connectivity index (χ0) is 10.7. The van der Waals surface area contributed by atoms with Crippen LogP contribution in [0.1, 0.15) is 40.5 Å². The Hall–Kier alpha value is -0.280. The van der Waals surface area contributed by atoms with E-state index in [0.717, 1.165) is 12.8 Å². The van der Waals surface area contributed by atoms with Crippen LogP contribution in [-0.4, -0.2) is 18.6 Å². The van der Waals surface area contributed by atoms with Gasteiger partial charge in [-0.3, -0.25) is 4.79 Å². The van der Waals surface area contributed by atoms with Crippen molar-refractivity contribution in [3.63, 3.8) is 0 Å². The summed E-state index contributed by atoms with van der Waals surface area (Å²) >= 11 is 0. The smallest absolute Gasteiger partial charge is 0.326 e. The Morgan fingerprint density at radius 1 is 1.36 bits per heavy atom. The number of esters is 1.